The Balaban J connectivity index is 2.01. The van der Waals surface area contributed by atoms with Crippen LogP contribution in [0.15, 0.2) is 41.5 Å². The molecular formula is C15H6Cl2F3N5O. The second kappa shape index (κ2) is 5.68. The summed E-state index contributed by atoms with van der Waals surface area (Å²) in [5.41, 5.74) is -0.0664. The normalized spacial score (nSPS) is 12.2. The quantitative estimate of drug-likeness (QED) is 0.488. The van der Waals surface area contributed by atoms with Crippen molar-refractivity contribution in [1.82, 2.24) is 24.1 Å². The van der Waals surface area contributed by atoms with Crippen LogP contribution >= 0.6 is 23.2 Å². The summed E-state index contributed by atoms with van der Waals surface area (Å²) in [4.78, 5) is 19.9. The lowest BCUT2D eigenvalue weighted by molar-refractivity contribution is -0.144. The number of fused-ring (bicyclic) bond motifs is 3. The van der Waals surface area contributed by atoms with Crippen LogP contribution in [0.2, 0.25) is 10.0 Å². The van der Waals surface area contributed by atoms with Gasteiger partial charge in [-0.2, -0.15) is 22.7 Å². The van der Waals surface area contributed by atoms with Crippen LogP contribution in [0.3, 0.4) is 0 Å². The van der Waals surface area contributed by atoms with Gasteiger partial charge in [0.25, 0.3) is 17.2 Å². The van der Waals surface area contributed by atoms with E-state index < -0.39 is 17.6 Å². The fraction of sp³-hybridized carbons (Fsp3) is 0.0667. The van der Waals surface area contributed by atoms with Gasteiger partial charge in [-0.15, -0.1) is 5.10 Å². The van der Waals surface area contributed by atoms with E-state index in [-0.39, 0.29) is 21.7 Å². The lowest BCUT2D eigenvalue weighted by Crippen LogP contribution is -2.19. The molecule has 0 aliphatic rings. The highest BCUT2D eigenvalue weighted by molar-refractivity contribution is 6.34. The number of benzene rings is 1. The van der Waals surface area contributed by atoms with Gasteiger partial charge in [-0.25, -0.2) is 4.98 Å². The van der Waals surface area contributed by atoms with Crippen LogP contribution in [0.4, 0.5) is 13.2 Å². The van der Waals surface area contributed by atoms with Crippen LogP contribution in [0.5, 0.6) is 0 Å². The van der Waals surface area contributed by atoms with E-state index in [0.717, 1.165) is 10.7 Å². The smallest absolute Gasteiger partial charge is 0.282 e. The van der Waals surface area contributed by atoms with E-state index in [0.29, 0.717) is 10.7 Å². The first kappa shape index (κ1) is 16.8. The Morgan fingerprint density at radius 1 is 1.12 bits per heavy atom. The first-order valence-corrected chi connectivity index (χ1v) is 7.81. The largest absolute Gasteiger partial charge is 0.453 e. The number of nitrogens with zero attached hydrogens (tertiary/aromatic N) is 5. The van der Waals surface area contributed by atoms with Gasteiger partial charge in [-0.3, -0.25) is 9.36 Å². The number of hydrogen-bond acceptors (Lipinski definition) is 4. The zero-order valence-electron chi connectivity index (χ0n) is 12.5. The van der Waals surface area contributed by atoms with E-state index in [1.54, 1.807) is 6.07 Å². The van der Waals surface area contributed by atoms with Gasteiger partial charge >= 0.3 is 6.18 Å². The van der Waals surface area contributed by atoms with Crippen LogP contribution in [0.1, 0.15) is 5.82 Å². The molecule has 0 amide bonds. The van der Waals surface area contributed by atoms with E-state index in [2.05, 4.69) is 15.1 Å². The predicted octanol–water partition coefficient (Wildman–Crippen LogP) is 3.75. The highest BCUT2D eigenvalue weighted by atomic mass is 35.5. The van der Waals surface area contributed by atoms with E-state index in [1.165, 1.54) is 29.0 Å². The summed E-state index contributed by atoms with van der Waals surface area (Å²) in [6.45, 7) is 0. The molecule has 132 valence electrons. The fourth-order valence-electron chi connectivity index (χ4n) is 2.50. The molecule has 1 aromatic carbocycles. The van der Waals surface area contributed by atoms with Crippen molar-refractivity contribution in [3.63, 3.8) is 0 Å². The molecule has 4 rings (SSSR count). The summed E-state index contributed by atoms with van der Waals surface area (Å²) in [5, 5.41) is 4.11. The maximum atomic E-state index is 12.8. The SMILES string of the molecule is O=c1c2cnc3nc(C(F)(F)F)nn3c2ccn1-c1cc(Cl)ccc1Cl. The minimum absolute atomic E-state index is 0.0506. The standard InChI is InChI=1S/C15H6Cl2F3N5O/c16-7-1-2-9(17)11(5-7)24-4-3-10-8(12(24)26)6-21-14-22-13(15(18,19)20)23-25(10)14/h1-6H. The van der Waals surface area contributed by atoms with Crippen molar-refractivity contribution >= 4 is 39.9 Å². The zero-order chi connectivity index (χ0) is 18.6. The molecule has 3 aromatic heterocycles. The van der Waals surface area contributed by atoms with Crippen molar-refractivity contribution < 1.29 is 13.2 Å². The van der Waals surface area contributed by atoms with Gasteiger partial charge in [-0.1, -0.05) is 23.2 Å². The van der Waals surface area contributed by atoms with Gasteiger partial charge < -0.3 is 0 Å². The van der Waals surface area contributed by atoms with Crippen LogP contribution in [-0.4, -0.2) is 24.1 Å². The summed E-state index contributed by atoms with van der Waals surface area (Å²) >= 11 is 12.1. The Bertz CT molecular complexity index is 1230. The molecule has 3 heterocycles. The lowest BCUT2D eigenvalue weighted by atomic mass is 10.2. The maximum absolute atomic E-state index is 12.8. The molecule has 26 heavy (non-hydrogen) atoms. The van der Waals surface area contributed by atoms with Gasteiger partial charge in [0.1, 0.15) is 0 Å². The van der Waals surface area contributed by atoms with Gasteiger partial charge in [0.2, 0.25) is 0 Å². The molecule has 0 saturated heterocycles. The molecule has 0 fully saturated rings. The van der Waals surface area contributed by atoms with Gasteiger partial charge in [0.05, 0.1) is 21.6 Å². The van der Waals surface area contributed by atoms with Crippen LogP contribution in [0.25, 0.3) is 22.4 Å². The maximum Gasteiger partial charge on any atom is 0.453 e. The second-order valence-corrected chi connectivity index (χ2v) is 6.13. The summed E-state index contributed by atoms with van der Waals surface area (Å²) in [6, 6.07) is 6.03. The van der Waals surface area contributed by atoms with E-state index >= 15 is 0 Å². The van der Waals surface area contributed by atoms with Crippen LogP contribution in [0, 0.1) is 0 Å². The molecule has 0 unspecified atom stereocenters. The van der Waals surface area contributed by atoms with Crippen molar-refractivity contribution in [3.05, 3.63) is 62.9 Å². The van der Waals surface area contributed by atoms with Crippen molar-refractivity contribution in [1.29, 1.82) is 0 Å². The Labute approximate surface area is 152 Å². The van der Waals surface area contributed by atoms with Crippen molar-refractivity contribution in [3.8, 4) is 5.69 Å². The molecule has 0 aliphatic heterocycles. The van der Waals surface area contributed by atoms with Gasteiger partial charge in [0.15, 0.2) is 0 Å². The molecule has 0 atom stereocenters. The number of pyridine rings is 1. The van der Waals surface area contributed by atoms with Crippen molar-refractivity contribution in [2.75, 3.05) is 0 Å². The lowest BCUT2D eigenvalue weighted by Gasteiger charge is -2.09. The Hall–Kier alpha value is -2.65. The molecular weight excluding hydrogens is 394 g/mol. The molecule has 0 N–H and O–H groups in total. The van der Waals surface area contributed by atoms with E-state index in [4.69, 9.17) is 23.2 Å². The van der Waals surface area contributed by atoms with Crippen molar-refractivity contribution in [2.45, 2.75) is 6.18 Å². The van der Waals surface area contributed by atoms with E-state index in [9.17, 15) is 18.0 Å². The third-order valence-corrected chi connectivity index (χ3v) is 4.21. The Morgan fingerprint density at radius 3 is 2.62 bits per heavy atom. The number of rotatable bonds is 1. The molecule has 11 heteroatoms. The first-order valence-electron chi connectivity index (χ1n) is 7.05. The van der Waals surface area contributed by atoms with Gasteiger partial charge in [0, 0.05) is 17.4 Å². The highest BCUT2D eigenvalue weighted by Crippen LogP contribution is 2.27. The third kappa shape index (κ3) is 2.60. The number of hydrogen-bond donors (Lipinski definition) is 0. The van der Waals surface area contributed by atoms with Crippen molar-refractivity contribution in [2.24, 2.45) is 0 Å². The zero-order valence-corrected chi connectivity index (χ0v) is 14.0. The molecule has 6 nitrogen and oxygen atoms in total. The summed E-state index contributed by atoms with van der Waals surface area (Å²) < 4.78 is 40.5. The monoisotopic (exact) mass is 399 g/mol. The predicted molar refractivity (Wildman–Crippen MR) is 88.9 cm³/mol. The Kier molecular flexibility index (Phi) is 3.67. The fourth-order valence-corrected chi connectivity index (χ4v) is 2.87. The average molecular weight is 400 g/mol. The summed E-state index contributed by atoms with van der Waals surface area (Å²) in [7, 11) is 0. The molecule has 0 spiro atoms. The third-order valence-electron chi connectivity index (χ3n) is 3.66. The topological polar surface area (TPSA) is 65.1 Å². The molecule has 4 aromatic rings. The molecule has 0 aliphatic carbocycles. The minimum Gasteiger partial charge on any atom is -0.282 e. The summed E-state index contributed by atoms with van der Waals surface area (Å²) in [5.74, 6) is -1.60. The molecule has 0 bridgehead atoms. The highest BCUT2D eigenvalue weighted by Gasteiger charge is 2.36. The number of halogens is 5. The molecule has 0 radical (unpaired) electrons. The minimum atomic E-state index is -4.72. The molecule has 0 saturated carbocycles. The second-order valence-electron chi connectivity index (χ2n) is 5.29. The number of aromatic nitrogens is 5. The summed E-state index contributed by atoms with van der Waals surface area (Å²) in [6.07, 6.45) is -2.20. The van der Waals surface area contributed by atoms with E-state index in [1.807, 2.05) is 0 Å². The number of alkyl halides is 3. The van der Waals surface area contributed by atoms with Gasteiger partial charge in [-0.05, 0) is 24.3 Å². The average Bonchev–Trinajstić information content (AvgIpc) is 3.02. The van der Waals surface area contributed by atoms with Crippen LogP contribution in [-0.2, 0) is 6.18 Å². The Morgan fingerprint density at radius 2 is 1.88 bits per heavy atom. The first-order chi connectivity index (χ1) is 12.3. The van der Waals surface area contributed by atoms with Crippen LogP contribution < -0.4 is 5.56 Å².